The van der Waals surface area contributed by atoms with Gasteiger partial charge in [0.15, 0.2) is 0 Å². The van der Waals surface area contributed by atoms with Gasteiger partial charge in [0.25, 0.3) is 0 Å². The quantitative estimate of drug-likeness (QED) is 0.906. The lowest BCUT2D eigenvalue weighted by Crippen LogP contribution is -2.54. The summed E-state index contributed by atoms with van der Waals surface area (Å²) >= 11 is 1.61. The lowest BCUT2D eigenvalue weighted by molar-refractivity contribution is -0.134. The molecule has 1 fully saturated rings. The van der Waals surface area contributed by atoms with Gasteiger partial charge in [-0.25, -0.2) is 4.98 Å². The molecule has 18 heavy (non-hydrogen) atoms. The summed E-state index contributed by atoms with van der Waals surface area (Å²) in [6, 6.07) is 0.195. The Balaban J connectivity index is 1.86. The second-order valence-corrected chi connectivity index (χ2v) is 6.60. The maximum atomic E-state index is 12.1. The Morgan fingerprint density at radius 2 is 2.44 bits per heavy atom. The number of aryl methyl sites for hydroxylation is 1. The normalized spacial score (nSPS) is 23.1. The number of likely N-dealkylation sites (tertiary alicyclic amines) is 1. The standard InChI is InChI=1S/C13H21N3OS/c1-13(2)9-16(7-5-10(13)14)12(17)4-3-11-15-6-8-18-11/h6,8,10H,3-5,7,9,14H2,1-2H3. The molecule has 2 heterocycles. The number of amides is 1. The van der Waals surface area contributed by atoms with Crippen LogP contribution in [0, 0.1) is 5.41 Å². The van der Waals surface area contributed by atoms with Gasteiger partial charge >= 0.3 is 0 Å². The fourth-order valence-electron chi connectivity index (χ4n) is 2.34. The van der Waals surface area contributed by atoms with E-state index in [1.807, 2.05) is 10.3 Å². The molecule has 5 heteroatoms. The predicted octanol–water partition coefficient (Wildman–Crippen LogP) is 1.66. The van der Waals surface area contributed by atoms with E-state index < -0.39 is 0 Å². The Hall–Kier alpha value is -0.940. The molecule has 2 N–H and O–H groups in total. The molecular formula is C13H21N3OS. The van der Waals surface area contributed by atoms with Gasteiger partial charge in [-0.3, -0.25) is 4.79 Å². The van der Waals surface area contributed by atoms with Crippen LogP contribution < -0.4 is 5.73 Å². The van der Waals surface area contributed by atoms with Crippen molar-refractivity contribution in [2.75, 3.05) is 13.1 Å². The van der Waals surface area contributed by atoms with E-state index in [-0.39, 0.29) is 17.4 Å². The summed E-state index contributed by atoms with van der Waals surface area (Å²) in [6.07, 6.45) is 3.99. The summed E-state index contributed by atoms with van der Waals surface area (Å²) in [5.74, 6) is 0.227. The predicted molar refractivity (Wildman–Crippen MR) is 73.4 cm³/mol. The number of rotatable bonds is 3. The van der Waals surface area contributed by atoms with Crippen LogP contribution in [0.5, 0.6) is 0 Å². The highest BCUT2D eigenvalue weighted by Crippen LogP contribution is 2.28. The third-order valence-electron chi connectivity index (χ3n) is 3.70. The third-order valence-corrected chi connectivity index (χ3v) is 4.54. The number of hydrogen-bond acceptors (Lipinski definition) is 4. The molecule has 100 valence electrons. The Labute approximate surface area is 112 Å². The Morgan fingerprint density at radius 3 is 3.06 bits per heavy atom. The van der Waals surface area contributed by atoms with Crippen LogP contribution in [0.4, 0.5) is 0 Å². The molecule has 1 aromatic rings. The maximum absolute atomic E-state index is 12.1. The Morgan fingerprint density at radius 1 is 1.67 bits per heavy atom. The van der Waals surface area contributed by atoms with E-state index in [2.05, 4.69) is 18.8 Å². The van der Waals surface area contributed by atoms with Gasteiger partial charge in [0.1, 0.15) is 0 Å². The van der Waals surface area contributed by atoms with Gasteiger partial charge in [0, 0.05) is 43.5 Å². The van der Waals surface area contributed by atoms with E-state index >= 15 is 0 Å². The molecule has 1 aliphatic heterocycles. The Bertz CT molecular complexity index is 402. The van der Waals surface area contributed by atoms with Gasteiger partial charge < -0.3 is 10.6 Å². The zero-order chi connectivity index (χ0) is 13.2. The van der Waals surface area contributed by atoms with Gasteiger partial charge in [0.2, 0.25) is 5.91 Å². The van der Waals surface area contributed by atoms with Crippen LogP contribution in [0.3, 0.4) is 0 Å². The minimum atomic E-state index is 0.0229. The number of carbonyl (C=O) groups is 1. The van der Waals surface area contributed by atoms with E-state index in [1.54, 1.807) is 17.5 Å². The smallest absolute Gasteiger partial charge is 0.223 e. The summed E-state index contributed by atoms with van der Waals surface area (Å²) in [6.45, 7) is 5.84. The highest BCUT2D eigenvalue weighted by molar-refractivity contribution is 7.09. The molecule has 1 aromatic heterocycles. The minimum Gasteiger partial charge on any atom is -0.342 e. The number of carbonyl (C=O) groups excluding carboxylic acids is 1. The van der Waals surface area contributed by atoms with Gasteiger partial charge in [-0.1, -0.05) is 13.8 Å². The molecule has 0 spiro atoms. The highest BCUT2D eigenvalue weighted by Gasteiger charge is 2.34. The fourth-order valence-corrected chi connectivity index (χ4v) is 2.96. The van der Waals surface area contributed by atoms with Crippen molar-refractivity contribution in [2.45, 2.75) is 39.2 Å². The van der Waals surface area contributed by atoms with Crippen molar-refractivity contribution >= 4 is 17.2 Å². The largest absolute Gasteiger partial charge is 0.342 e. The number of aromatic nitrogens is 1. The minimum absolute atomic E-state index is 0.0229. The number of hydrogen-bond donors (Lipinski definition) is 1. The van der Waals surface area contributed by atoms with Crippen molar-refractivity contribution < 1.29 is 4.79 Å². The lowest BCUT2D eigenvalue weighted by atomic mass is 9.79. The van der Waals surface area contributed by atoms with Crippen LogP contribution >= 0.6 is 11.3 Å². The summed E-state index contributed by atoms with van der Waals surface area (Å²) in [5, 5.41) is 2.99. The molecule has 1 saturated heterocycles. The molecule has 0 aromatic carbocycles. The monoisotopic (exact) mass is 267 g/mol. The van der Waals surface area contributed by atoms with Crippen molar-refractivity contribution in [3.05, 3.63) is 16.6 Å². The Kier molecular flexibility index (Phi) is 4.02. The van der Waals surface area contributed by atoms with E-state index in [0.29, 0.717) is 6.42 Å². The lowest BCUT2D eigenvalue weighted by Gasteiger charge is -2.42. The van der Waals surface area contributed by atoms with E-state index in [4.69, 9.17) is 5.73 Å². The van der Waals surface area contributed by atoms with E-state index in [9.17, 15) is 4.79 Å². The SMILES string of the molecule is CC1(C)CN(C(=O)CCc2nccs2)CCC1N. The zero-order valence-electron chi connectivity index (χ0n) is 11.1. The number of nitrogens with two attached hydrogens (primary N) is 1. The molecule has 4 nitrogen and oxygen atoms in total. The van der Waals surface area contributed by atoms with Crippen LogP contribution in [0.15, 0.2) is 11.6 Å². The molecule has 0 radical (unpaired) electrons. The van der Waals surface area contributed by atoms with Crippen molar-refractivity contribution in [1.29, 1.82) is 0 Å². The second-order valence-electron chi connectivity index (χ2n) is 5.62. The summed E-state index contributed by atoms with van der Waals surface area (Å²) in [4.78, 5) is 18.3. The van der Waals surface area contributed by atoms with Gasteiger partial charge in [0.05, 0.1) is 5.01 Å². The summed E-state index contributed by atoms with van der Waals surface area (Å²) < 4.78 is 0. The van der Waals surface area contributed by atoms with E-state index in [0.717, 1.165) is 30.9 Å². The number of piperidine rings is 1. The number of nitrogens with zero attached hydrogens (tertiary/aromatic N) is 2. The van der Waals surface area contributed by atoms with Crippen molar-refractivity contribution in [1.82, 2.24) is 9.88 Å². The topological polar surface area (TPSA) is 59.2 Å². The maximum Gasteiger partial charge on any atom is 0.223 e. The first-order valence-corrected chi connectivity index (χ1v) is 7.29. The molecule has 0 saturated carbocycles. The molecule has 2 rings (SSSR count). The van der Waals surface area contributed by atoms with Crippen LogP contribution in [-0.4, -0.2) is 34.9 Å². The molecular weight excluding hydrogens is 246 g/mol. The first-order chi connectivity index (χ1) is 8.49. The van der Waals surface area contributed by atoms with Crippen LogP contribution in [-0.2, 0) is 11.2 Å². The van der Waals surface area contributed by atoms with Crippen molar-refractivity contribution in [2.24, 2.45) is 11.1 Å². The molecule has 1 aliphatic rings. The third kappa shape index (κ3) is 3.09. The molecule has 1 amide bonds. The molecule has 0 aliphatic carbocycles. The first-order valence-electron chi connectivity index (χ1n) is 6.41. The van der Waals surface area contributed by atoms with E-state index in [1.165, 1.54) is 0 Å². The van der Waals surface area contributed by atoms with Gasteiger partial charge in [-0.2, -0.15) is 0 Å². The van der Waals surface area contributed by atoms with Crippen molar-refractivity contribution in [3.8, 4) is 0 Å². The first kappa shape index (κ1) is 13.5. The highest BCUT2D eigenvalue weighted by atomic mass is 32.1. The molecule has 1 unspecified atom stereocenters. The zero-order valence-corrected chi connectivity index (χ0v) is 11.9. The summed E-state index contributed by atoms with van der Waals surface area (Å²) in [7, 11) is 0. The number of thiazole rings is 1. The van der Waals surface area contributed by atoms with Gasteiger partial charge in [-0.15, -0.1) is 11.3 Å². The van der Waals surface area contributed by atoms with Crippen LogP contribution in [0.25, 0.3) is 0 Å². The average Bonchev–Trinajstić information content (AvgIpc) is 2.82. The molecule has 0 bridgehead atoms. The fraction of sp³-hybridized carbons (Fsp3) is 0.692. The van der Waals surface area contributed by atoms with Gasteiger partial charge in [-0.05, 0) is 11.8 Å². The molecule has 1 atom stereocenters. The average molecular weight is 267 g/mol. The second kappa shape index (κ2) is 5.36. The van der Waals surface area contributed by atoms with Crippen LogP contribution in [0.1, 0.15) is 31.7 Å². The van der Waals surface area contributed by atoms with Crippen molar-refractivity contribution in [3.63, 3.8) is 0 Å². The van der Waals surface area contributed by atoms with Crippen LogP contribution in [0.2, 0.25) is 0 Å². The summed E-state index contributed by atoms with van der Waals surface area (Å²) in [5.41, 5.74) is 6.10.